The second-order valence-electron chi connectivity index (χ2n) is 8.76. The number of halogens is 4. The van der Waals surface area contributed by atoms with E-state index in [0.29, 0.717) is 19.5 Å². The van der Waals surface area contributed by atoms with Gasteiger partial charge in [0.2, 0.25) is 0 Å². The van der Waals surface area contributed by atoms with E-state index in [2.05, 4.69) is 5.32 Å². The van der Waals surface area contributed by atoms with Crippen LogP contribution in [0, 0.1) is 29.2 Å². The van der Waals surface area contributed by atoms with Crippen LogP contribution in [0.3, 0.4) is 0 Å². The number of piperidine rings is 1. The van der Waals surface area contributed by atoms with E-state index in [0.717, 1.165) is 30.3 Å². The lowest BCUT2D eigenvalue weighted by Gasteiger charge is -2.37. The molecule has 2 N–H and O–H groups in total. The van der Waals surface area contributed by atoms with Crippen molar-refractivity contribution in [3.8, 4) is 0 Å². The summed E-state index contributed by atoms with van der Waals surface area (Å²) in [5.41, 5.74) is -0.155. The molecule has 1 aliphatic heterocycles. The number of nitrogens with one attached hydrogen (secondary N) is 1. The number of rotatable bonds is 8. The van der Waals surface area contributed by atoms with Gasteiger partial charge < -0.3 is 19.9 Å². The van der Waals surface area contributed by atoms with E-state index in [1.54, 1.807) is 6.08 Å². The molecule has 0 amide bonds. The van der Waals surface area contributed by atoms with Crippen molar-refractivity contribution >= 4 is 22.9 Å². The predicted molar refractivity (Wildman–Crippen MR) is 127 cm³/mol. The van der Waals surface area contributed by atoms with E-state index in [1.165, 1.54) is 22.8 Å². The average molecular weight is 503 g/mol. The van der Waals surface area contributed by atoms with Gasteiger partial charge in [-0.1, -0.05) is 12.2 Å². The number of hydrogen-bond acceptors (Lipinski definition) is 4. The van der Waals surface area contributed by atoms with Crippen molar-refractivity contribution in [1.82, 2.24) is 14.8 Å². The molecular formula is C26H25F4N3O3. The molecule has 0 unspecified atom stereocenters. The van der Waals surface area contributed by atoms with Crippen LogP contribution in [0.25, 0.3) is 17.0 Å². The highest BCUT2D eigenvalue weighted by Crippen LogP contribution is 2.20. The first kappa shape index (κ1) is 25.6. The minimum absolute atomic E-state index is 0.102. The second kappa shape index (κ2) is 11.0. The van der Waals surface area contributed by atoms with E-state index in [1.807, 2.05) is 4.90 Å². The molecule has 0 spiro atoms. The standard InChI is InChI=1S/C26H25F4N3O3/c27-17-3-5-21(29)16(12-17)2-1-8-31-23-7-9-32(15-20(23)26(35)36)10-11-33-24-14-18(28)13-22(30)19(24)4-6-25(33)34/h1-6,12-14,20,23,31H,7-11,15H2,(H,35,36)/b2-1+/t20-,23+/m0/s1. The van der Waals surface area contributed by atoms with Crippen LogP contribution in [0.2, 0.25) is 0 Å². The van der Waals surface area contributed by atoms with E-state index in [-0.39, 0.29) is 42.1 Å². The van der Waals surface area contributed by atoms with Gasteiger partial charge in [0.05, 0.1) is 11.4 Å². The first-order valence-corrected chi connectivity index (χ1v) is 11.5. The number of benzene rings is 2. The molecule has 0 saturated carbocycles. The van der Waals surface area contributed by atoms with Crippen molar-refractivity contribution in [2.75, 3.05) is 26.2 Å². The number of pyridine rings is 1. The number of fused-ring (bicyclic) bond motifs is 1. The predicted octanol–water partition coefficient (Wildman–Crippen LogP) is 3.64. The van der Waals surface area contributed by atoms with Crippen LogP contribution < -0.4 is 10.9 Å². The summed E-state index contributed by atoms with van der Waals surface area (Å²) in [4.78, 5) is 26.2. The van der Waals surface area contributed by atoms with Crippen molar-refractivity contribution in [1.29, 1.82) is 0 Å². The minimum Gasteiger partial charge on any atom is -0.481 e. The molecule has 36 heavy (non-hydrogen) atoms. The number of carboxylic acids is 1. The molecule has 190 valence electrons. The Morgan fingerprint density at radius 2 is 1.83 bits per heavy atom. The van der Waals surface area contributed by atoms with E-state index in [4.69, 9.17) is 0 Å². The monoisotopic (exact) mass is 503 g/mol. The molecule has 4 rings (SSSR count). The number of aliphatic carboxylic acids is 1. The molecule has 2 aromatic carbocycles. The van der Waals surface area contributed by atoms with Crippen molar-refractivity contribution in [3.63, 3.8) is 0 Å². The fourth-order valence-corrected chi connectivity index (χ4v) is 4.56. The van der Waals surface area contributed by atoms with Gasteiger partial charge in [-0.15, -0.1) is 0 Å². The molecule has 1 saturated heterocycles. The Balaban J connectivity index is 1.38. The van der Waals surface area contributed by atoms with Gasteiger partial charge in [-0.3, -0.25) is 9.59 Å². The normalized spacial score (nSPS) is 18.8. The summed E-state index contributed by atoms with van der Waals surface area (Å²) in [7, 11) is 0. The quantitative estimate of drug-likeness (QED) is 0.460. The number of likely N-dealkylation sites (tertiary alicyclic amines) is 1. The molecule has 2 atom stereocenters. The van der Waals surface area contributed by atoms with Crippen molar-refractivity contribution in [2.24, 2.45) is 5.92 Å². The Morgan fingerprint density at radius 3 is 2.61 bits per heavy atom. The molecule has 10 heteroatoms. The van der Waals surface area contributed by atoms with Gasteiger partial charge in [-0.05, 0) is 43.3 Å². The zero-order valence-electron chi connectivity index (χ0n) is 19.3. The maximum atomic E-state index is 14.1. The number of hydrogen-bond donors (Lipinski definition) is 2. The second-order valence-corrected chi connectivity index (χ2v) is 8.76. The molecule has 0 radical (unpaired) electrons. The fourth-order valence-electron chi connectivity index (χ4n) is 4.56. The number of nitrogens with zero attached hydrogens (tertiary/aromatic N) is 2. The third-order valence-corrected chi connectivity index (χ3v) is 6.43. The summed E-state index contributed by atoms with van der Waals surface area (Å²) in [5, 5.41) is 13.0. The van der Waals surface area contributed by atoms with Gasteiger partial charge in [0, 0.05) is 55.3 Å². The van der Waals surface area contributed by atoms with Crippen LogP contribution in [0.4, 0.5) is 17.6 Å². The Kier molecular flexibility index (Phi) is 7.85. The first-order valence-electron chi connectivity index (χ1n) is 11.5. The summed E-state index contributed by atoms with van der Waals surface area (Å²) in [6.07, 6.45) is 3.55. The number of aromatic nitrogens is 1. The number of carboxylic acid groups (broad SMARTS) is 1. The highest BCUT2D eigenvalue weighted by atomic mass is 19.1. The minimum atomic E-state index is -0.983. The third-order valence-electron chi connectivity index (χ3n) is 6.43. The van der Waals surface area contributed by atoms with Crippen molar-refractivity contribution in [3.05, 3.63) is 87.7 Å². The summed E-state index contributed by atoms with van der Waals surface area (Å²) in [5.74, 6) is -4.37. The van der Waals surface area contributed by atoms with Crippen molar-refractivity contribution < 1.29 is 27.5 Å². The Hall–Kier alpha value is -3.50. The highest BCUT2D eigenvalue weighted by Gasteiger charge is 2.33. The summed E-state index contributed by atoms with van der Waals surface area (Å²) < 4.78 is 56.2. The average Bonchev–Trinajstić information content (AvgIpc) is 2.83. The molecular weight excluding hydrogens is 478 g/mol. The Morgan fingerprint density at radius 1 is 1.03 bits per heavy atom. The van der Waals surface area contributed by atoms with E-state index in [9.17, 15) is 32.3 Å². The molecule has 3 aromatic rings. The Labute approximate surface area is 204 Å². The van der Waals surface area contributed by atoms with Gasteiger partial charge >= 0.3 is 5.97 Å². The highest BCUT2D eigenvalue weighted by molar-refractivity contribution is 5.79. The summed E-state index contributed by atoms with van der Waals surface area (Å²) >= 11 is 0. The maximum absolute atomic E-state index is 14.1. The topological polar surface area (TPSA) is 74.6 Å². The van der Waals surface area contributed by atoms with E-state index >= 15 is 0 Å². The lowest BCUT2D eigenvalue weighted by atomic mass is 9.92. The molecule has 2 heterocycles. The van der Waals surface area contributed by atoms with Crippen LogP contribution in [0.1, 0.15) is 12.0 Å². The summed E-state index contributed by atoms with van der Waals surface area (Å²) in [6, 6.07) is 7.22. The van der Waals surface area contributed by atoms with Gasteiger partial charge in [-0.25, -0.2) is 17.6 Å². The van der Waals surface area contributed by atoms with Crippen LogP contribution >= 0.6 is 0 Å². The largest absolute Gasteiger partial charge is 0.481 e. The van der Waals surface area contributed by atoms with Crippen LogP contribution in [0.15, 0.2) is 53.3 Å². The smallest absolute Gasteiger partial charge is 0.309 e. The number of carbonyl (C=O) groups is 1. The first-order chi connectivity index (χ1) is 17.2. The van der Waals surface area contributed by atoms with Gasteiger partial charge in [0.15, 0.2) is 0 Å². The fraction of sp³-hybridized carbons (Fsp3) is 0.308. The molecule has 0 aliphatic carbocycles. The van der Waals surface area contributed by atoms with Crippen LogP contribution in [0.5, 0.6) is 0 Å². The molecule has 0 bridgehead atoms. The van der Waals surface area contributed by atoms with Gasteiger partial charge in [0.1, 0.15) is 23.3 Å². The van der Waals surface area contributed by atoms with Crippen LogP contribution in [-0.2, 0) is 11.3 Å². The maximum Gasteiger partial charge on any atom is 0.309 e. The van der Waals surface area contributed by atoms with Gasteiger partial charge in [-0.2, -0.15) is 0 Å². The molecule has 6 nitrogen and oxygen atoms in total. The SMILES string of the molecule is O=C(O)[C@H]1CN(CCn2c(=O)ccc3c(F)cc(F)cc32)CC[C@H]1NC/C=C/c1cc(F)ccc1F. The zero-order chi connectivity index (χ0) is 25.8. The third kappa shape index (κ3) is 5.83. The zero-order valence-corrected chi connectivity index (χ0v) is 19.3. The summed E-state index contributed by atoms with van der Waals surface area (Å²) in [6.45, 7) is 1.51. The van der Waals surface area contributed by atoms with E-state index < -0.39 is 40.7 Å². The molecule has 1 aliphatic rings. The lowest BCUT2D eigenvalue weighted by molar-refractivity contribution is -0.144. The van der Waals surface area contributed by atoms with Crippen molar-refractivity contribution in [2.45, 2.75) is 19.0 Å². The lowest BCUT2D eigenvalue weighted by Crippen LogP contribution is -2.52. The molecule has 1 aromatic heterocycles. The Bertz CT molecular complexity index is 1360. The molecule has 1 fully saturated rings. The van der Waals surface area contributed by atoms with Gasteiger partial charge in [0.25, 0.3) is 5.56 Å². The van der Waals surface area contributed by atoms with Crippen LogP contribution in [-0.4, -0.2) is 52.8 Å².